The number of anilines is 1. The molecule has 4 rings (SSSR count). The van der Waals surface area contributed by atoms with Crippen LogP contribution in [-0.2, 0) is 4.79 Å². The first kappa shape index (κ1) is 20.8. The van der Waals surface area contributed by atoms with E-state index in [-0.39, 0.29) is 22.9 Å². The third kappa shape index (κ3) is 3.94. The van der Waals surface area contributed by atoms with Gasteiger partial charge in [0.1, 0.15) is 23.2 Å². The zero-order valence-corrected chi connectivity index (χ0v) is 17.8. The first-order chi connectivity index (χ1) is 14.5. The molecule has 2 aromatic rings. The molecule has 7 heteroatoms. The summed E-state index contributed by atoms with van der Waals surface area (Å²) in [5.41, 5.74) is 1.02. The molecular weight excluding hydrogens is 399 g/mol. The van der Waals surface area contributed by atoms with Gasteiger partial charge in [-0.3, -0.25) is 4.79 Å². The van der Waals surface area contributed by atoms with Gasteiger partial charge in [0.05, 0.1) is 5.56 Å². The molecule has 2 saturated heterocycles. The molecule has 1 aromatic carbocycles. The highest BCUT2D eigenvalue weighted by Gasteiger charge is 2.53. The summed E-state index contributed by atoms with van der Waals surface area (Å²) in [7, 11) is 0. The SMILES string of the molecule is CC(SCCC(=O)C12CCC(CNC1)N2c1ccc(C#N)cn1)c1ccc(F)cc1. The summed E-state index contributed by atoms with van der Waals surface area (Å²) < 4.78 is 13.1. The van der Waals surface area contributed by atoms with Crippen molar-refractivity contribution in [1.29, 1.82) is 5.26 Å². The zero-order valence-electron chi connectivity index (χ0n) is 17.0. The second-order valence-electron chi connectivity index (χ2n) is 7.98. The number of carbonyl (C=O) groups excluding carboxylic acids is 1. The normalized spacial score (nSPS) is 23.8. The first-order valence-corrected chi connectivity index (χ1v) is 11.3. The molecule has 2 fully saturated rings. The van der Waals surface area contributed by atoms with Crippen LogP contribution in [0.1, 0.15) is 42.6 Å². The molecule has 156 valence electrons. The van der Waals surface area contributed by atoms with Gasteiger partial charge in [-0.25, -0.2) is 9.37 Å². The maximum Gasteiger partial charge on any atom is 0.160 e. The van der Waals surface area contributed by atoms with Gasteiger partial charge in [-0.15, -0.1) is 0 Å². The number of pyridine rings is 1. The number of piperazine rings is 1. The number of hydrogen-bond acceptors (Lipinski definition) is 6. The molecule has 0 spiro atoms. The van der Waals surface area contributed by atoms with Crippen molar-refractivity contribution in [2.45, 2.75) is 43.0 Å². The number of nitriles is 1. The highest BCUT2D eigenvalue weighted by atomic mass is 32.2. The molecule has 3 atom stereocenters. The molecular formula is C23H25FN4OS. The van der Waals surface area contributed by atoms with Gasteiger partial charge in [0.2, 0.25) is 0 Å². The molecule has 0 radical (unpaired) electrons. The number of carbonyl (C=O) groups is 1. The molecule has 2 bridgehead atoms. The Morgan fingerprint density at radius 1 is 1.40 bits per heavy atom. The maximum atomic E-state index is 13.4. The van der Waals surface area contributed by atoms with E-state index in [0.29, 0.717) is 18.5 Å². The van der Waals surface area contributed by atoms with Crippen LogP contribution in [0.4, 0.5) is 10.2 Å². The molecule has 30 heavy (non-hydrogen) atoms. The van der Waals surface area contributed by atoms with Crippen LogP contribution in [0.2, 0.25) is 0 Å². The van der Waals surface area contributed by atoms with Gasteiger partial charge in [0.15, 0.2) is 5.78 Å². The highest BCUT2D eigenvalue weighted by Crippen LogP contribution is 2.41. The van der Waals surface area contributed by atoms with Crippen molar-refractivity contribution < 1.29 is 9.18 Å². The second kappa shape index (κ2) is 8.75. The van der Waals surface area contributed by atoms with Crippen molar-refractivity contribution in [3.63, 3.8) is 0 Å². The summed E-state index contributed by atoms with van der Waals surface area (Å²) in [4.78, 5) is 20.1. The van der Waals surface area contributed by atoms with E-state index in [1.165, 1.54) is 12.1 Å². The third-order valence-electron chi connectivity index (χ3n) is 6.19. The number of aromatic nitrogens is 1. The minimum absolute atomic E-state index is 0.202. The van der Waals surface area contributed by atoms with Crippen LogP contribution in [0.15, 0.2) is 42.6 Å². The smallest absolute Gasteiger partial charge is 0.160 e. The average molecular weight is 425 g/mol. The van der Waals surface area contributed by atoms with E-state index in [2.05, 4.69) is 28.2 Å². The lowest BCUT2D eigenvalue weighted by Gasteiger charge is -2.45. The van der Waals surface area contributed by atoms with Crippen molar-refractivity contribution in [2.75, 3.05) is 23.7 Å². The standard InChI is InChI=1S/C23H25FN4OS/c1-16(18-3-5-19(24)6-4-18)30-11-9-21(29)23-10-8-20(14-26-15-23)28(23)22-7-2-17(12-25)13-27-22/h2-7,13,16,20,26H,8-11,14-15H2,1H3. The molecule has 0 saturated carbocycles. The monoisotopic (exact) mass is 424 g/mol. The lowest BCUT2D eigenvalue weighted by atomic mass is 9.88. The number of hydrogen-bond donors (Lipinski definition) is 1. The molecule has 0 aliphatic carbocycles. The minimum atomic E-state index is -0.566. The number of Topliss-reactive ketones (excluding diaryl/α,β-unsaturated/α-hetero) is 1. The average Bonchev–Trinajstić information content (AvgIpc) is 3.00. The van der Waals surface area contributed by atoms with E-state index >= 15 is 0 Å². The van der Waals surface area contributed by atoms with Gasteiger partial charge in [0, 0.05) is 42.8 Å². The van der Waals surface area contributed by atoms with Crippen LogP contribution < -0.4 is 10.2 Å². The van der Waals surface area contributed by atoms with Crippen LogP contribution in [-0.4, -0.2) is 41.2 Å². The third-order valence-corrected chi connectivity index (χ3v) is 7.41. The Morgan fingerprint density at radius 2 is 2.20 bits per heavy atom. The fraction of sp³-hybridized carbons (Fsp3) is 0.435. The van der Waals surface area contributed by atoms with Crippen LogP contribution in [0.3, 0.4) is 0 Å². The van der Waals surface area contributed by atoms with Gasteiger partial charge < -0.3 is 10.2 Å². The fourth-order valence-electron chi connectivity index (χ4n) is 4.58. The highest BCUT2D eigenvalue weighted by molar-refractivity contribution is 7.99. The van der Waals surface area contributed by atoms with Crippen LogP contribution in [0.5, 0.6) is 0 Å². The summed E-state index contributed by atoms with van der Waals surface area (Å²) in [6.07, 6.45) is 3.84. The number of benzene rings is 1. The van der Waals surface area contributed by atoms with Crippen LogP contribution in [0.25, 0.3) is 0 Å². The number of nitrogens with one attached hydrogen (secondary N) is 1. The molecule has 5 nitrogen and oxygen atoms in total. The van der Waals surface area contributed by atoms with Gasteiger partial charge in [-0.1, -0.05) is 12.1 Å². The summed E-state index contributed by atoms with van der Waals surface area (Å²) in [5, 5.41) is 12.7. The number of rotatable bonds is 7. The number of thioether (sulfide) groups is 1. The van der Waals surface area contributed by atoms with Crippen molar-refractivity contribution in [3.8, 4) is 6.07 Å². The molecule has 3 unspecified atom stereocenters. The summed E-state index contributed by atoms with van der Waals surface area (Å²) in [5.74, 6) is 1.50. The largest absolute Gasteiger partial charge is 0.338 e. The van der Waals surface area contributed by atoms with Gasteiger partial charge >= 0.3 is 0 Å². The van der Waals surface area contributed by atoms with E-state index < -0.39 is 5.54 Å². The van der Waals surface area contributed by atoms with E-state index in [1.54, 1.807) is 36.2 Å². The number of halogens is 1. The maximum absolute atomic E-state index is 13.4. The lowest BCUT2D eigenvalue weighted by molar-refractivity contribution is -0.123. The Bertz CT molecular complexity index is 939. The molecule has 3 heterocycles. The van der Waals surface area contributed by atoms with Crippen molar-refractivity contribution in [2.24, 2.45) is 0 Å². The first-order valence-electron chi connectivity index (χ1n) is 10.3. The Balaban J connectivity index is 1.44. The lowest BCUT2D eigenvalue weighted by Crippen LogP contribution is -2.64. The van der Waals surface area contributed by atoms with Crippen molar-refractivity contribution >= 4 is 23.4 Å². The quantitative estimate of drug-likeness (QED) is 0.728. The van der Waals surface area contributed by atoms with Crippen LogP contribution >= 0.6 is 11.8 Å². The number of ketones is 1. The molecule has 0 amide bonds. The number of fused-ring (bicyclic) bond motifs is 2. The topological polar surface area (TPSA) is 69.0 Å². The molecule has 1 aromatic heterocycles. The Morgan fingerprint density at radius 3 is 2.90 bits per heavy atom. The predicted molar refractivity (Wildman–Crippen MR) is 117 cm³/mol. The van der Waals surface area contributed by atoms with Gasteiger partial charge in [-0.05, 0) is 49.6 Å². The predicted octanol–water partition coefficient (Wildman–Crippen LogP) is 3.86. The summed E-state index contributed by atoms with van der Waals surface area (Å²) in [6, 6.07) is 12.5. The van der Waals surface area contributed by atoms with E-state index in [1.807, 2.05) is 6.07 Å². The van der Waals surface area contributed by atoms with Crippen molar-refractivity contribution in [3.05, 3.63) is 59.5 Å². The van der Waals surface area contributed by atoms with Gasteiger partial charge in [0.25, 0.3) is 0 Å². The minimum Gasteiger partial charge on any atom is -0.338 e. The Hall–Kier alpha value is -2.43. The zero-order chi connectivity index (χ0) is 21.1. The van der Waals surface area contributed by atoms with Crippen LogP contribution in [0, 0.1) is 17.1 Å². The van der Waals surface area contributed by atoms with Crippen molar-refractivity contribution in [1.82, 2.24) is 10.3 Å². The Kier molecular flexibility index (Phi) is 6.07. The van der Waals surface area contributed by atoms with E-state index in [9.17, 15) is 9.18 Å². The Labute approximate surface area is 180 Å². The van der Waals surface area contributed by atoms with Gasteiger partial charge in [-0.2, -0.15) is 17.0 Å². The fourth-order valence-corrected chi connectivity index (χ4v) is 5.59. The number of nitrogens with zero attached hydrogens (tertiary/aromatic N) is 3. The molecule has 2 aliphatic heterocycles. The van der Waals surface area contributed by atoms with E-state index in [4.69, 9.17) is 5.26 Å². The molecule has 2 aliphatic rings. The summed E-state index contributed by atoms with van der Waals surface area (Å²) in [6.45, 7) is 3.55. The summed E-state index contributed by atoms with van der Waals surface area (Å²) >= 11 is 1.72. The molecule has 1 N–H and O–H groups in total. The second-order valence-corrected chi connectivity index (χ2v) is 9.43. The van der Waals surface area contributed by atoms with E-state index in [0.717, 1.165) is 36.5 Å².